The fourth-order valence-electron chi connectivity index (χ4n) is 0.462. The summed E-state index contributed by atoms with van der Waals surface area (Å²) < 4.78 is 0. The van der Waals surface area contributed by atoms with E-state index in [-0.39, 0.29) is 17.9 Å². The Balaban J connectivity index is 0.000000810. The average molecular weight is 162 g/mol. The van der Waals surface area contributed by atoms with Gasteiger partial charge in [0, 0.05) is 18.8 Å². The van der Waals surface area contributed by atoms with Crippen LogP contribution < -0.4 is 18.1 Å². The Morgan fingerprint density at radius 2 is 2.10 bits per heavy atom. The number of hydrogen-bond donors (Lipinski definition) is 2. The summed E-state index contributed by atoms with van der Waals surface area (Å²) in [4.78, 5) is 9.87. The third-order valence-electron chi connectivity index (χ3n) is 1.29. The Morgan fingerprint density at radius 1 is 1.60 bits per heavy atom. The number of hydrogen-bond acceptors (Lipinski definition) is 1. The largest absolute Gasteiger partial charge is 1.00 e. The highest BCUT2D eigenvalue weighted by Crippen LogP contribution is 2.28. The smallest absolute Gasteiger partial charge is 0.382 e. The molecule has 0 aromatic carbocycles. The molecule has 1 saturated carbocycles. The standard InChI is InChI=1S/C6H7NO2.ClH/c7-6(3-4-6)2-1-5(8)9;/h3-4,7H2,(H,8,9);1H. The van der Waals surface area contributed by atoms with Crippen molar-refractivity contribution in [3.8, 4) is 11.8 Å². The average Bonchev–Trinajstić information content (AvgIpc) is 2.45. The van der Waals surface area contributed by atoms with Crippen molar-refractivity contribution in [2.75, 3.05) is 0 Å². The van der Waals surface area contributed by atoms with Gasteiger partial charge >= 0.3 is 5.97 Å². The summed E-state index contributed by atoms with van der Waals surface area (Å²) in [5, 5.41) is 8.10. The van der Waals surface area contributed by atoms with Crippen molar-refractivity contribution in [1.82, 2.24) is 0 Å². The van der Waals surface area contributed by atoms with E-state index in [2.05, 4.69) is 17.6 Å². The van der Waals surface area contributed by atoms with Gasteiger partial charge in [0.25, 0.3) is 0 Å². The molecule has 0 unspecified atom stereocenters. The summed E-state index contributed by atoms with van der Waals surface area (Å²) in [6, 6.07) is 0. The number of aliphatic carboxylic acids is 1. The van der Waals surface area contributed by atoms with E-state index in [4.69, 9.17) is 5.11 Å². The van der Waals surface area contributed by atoms with Gasteiger partial charge in [0.1, 0.15) is 0 Å². The van der Waals surface area contributed by atoms with Crippen molar-refractivity contribution < 1.29 is 28.0 Å². The second-order valence-corrected chi connectivity index (χ2v) is 2.34. The van der Waals surface area contributed by atoms with Gasteiger partial charge in [0.2, 0.25) is 0 Å². The number of carboxylic acid groups (broad SMARTS) is 1. The van der Waals surface area contributed by atoms with Gasteiger partial charge in [-0.1, -0.05) is 0 Å². The molecule has 0 aromatic rings. The van der Waals surface area contributed by atoms with Crippen molar-refractivity contribution >= 4 is 5.97 Å². The number of carbonyl (C=O) groups is 1. The van der Waals surface area contributed by atoms with E-state index in [1.807, 2.05) is 0 Å². The molecular weight excluding hydrogens is 154 g/mol. The fraction of sp³-hybridized carbons (Fsp3) is 0.500. The number of quaternary nitrogens is 1. The molecule has 0 aromatic heterocycles. The van der Waals surface area contributed by atoms with Gasteiger partial charge < -0.3 is 23.2 Å². The first-order valence-corrected chi connectivity index (χ1v) is 2.74. The molecule has 4 heteroatoms. The molecule has 0 heterocycles. The van der Waals surface area contributed by atoms with Crippen molar-refractivity contribution in [1.29, 1.82) is 0 Å². The van der Waals surface area contributed by atoms with Crippen LogP contribution in [0.1, 0.15) is 12.8 Å². The molecule has 0 amide bonds. The predicted molar refractivity (Wildman–Crippen MR) is 30.3 cm³/mol. The molecule has 0 atom stereocenters. The summed E-state index contributed by atoms with van der Waals surface area (Å²) in [5.74, 6) is 3.56. The Labute approximate surface area is 65.0 Å². The van der Waals surface area contributed by atoms with Gasteiger partial charge in [-0.2, -0.15) is 0 Å². The third-order valence-corrected chi connectivity index (χ3v) is 1.29. The SMILES string of the molecule is [Cl-].[NH3+]C1(C#CC(=O)O)CC1. The van der Waals surface area contributed by atoms with Crippen molar-refractivity contribution in [2.24, 2.45) is 0 Å². The van der Waals surface area contributed by atoms with Gasteiger partial charge in [-0.05, 0) is 5.92 Å². The highest BCUT2D eigenvalue weighted by molar-refractivity contribution is 5.86. The molecule has 1 rings (SSSR count). The lowest BCUT2D eigenvalue weighted by atomic mass is 10.3. The van der Waals surface area contributed by atoms with E-state index in [9.17, 15) is 4.79 Å². The summed E-state index contributed by atoms with van der Waals surface area (Å²) in [6.07, 6.45) is 1.88. The van der Waals surface area contributed by atoms with Crippen LogP contribution in [-0.2, 0) is 4.79 Å². The molecule has 0 aliphatic heterocycles. The molecule has 56 valence electrons. The van der Waals surface area contributed by atoms with Gasteiger partial charge in [-0.25, -0.2) is 4.79 Å². The Morgan fingerprint density at radius 3 is 2.40 bits per heavy atom. The molecule has 10 heavy (non-hydrogen) atoms. The van der Waals surface area contributed by atoms with Crippen molar-refractivity contribution in [3.63, 3.8) is 0 Å². The summed E-state index contributed by atoms with van der Waals surface area (Å²) in [6.45, 7) is 0. The molecule has 1 aliphatic rings. The minimum atomic E-state index is -1.06. The molecule has 4 N–H and O–H groups in total. The zero-order valence-corrected chi connectivity index (χ0v) is 6.11. The van der Waals surface area contributed by atoms with Crippen LogP contribution in [0.4, 0.5) is 0 Å². The van der Waals surface area contributed by atoms with Crippen LogP contribution in [0.5, 0.6) is 0 Å². The topological polar surface area (TPSA) is 64.9 Å². The minimum absolute atomic E-state index is 0. The Kier molecular flexibility index (Phi) is 2.70. The molecule has 3 nitrogen and oxygen atoms in total. The van der Waals surface area contributed by atoms with E-state index in [0.717, 1.165) is 12.8 Å². The van der Waals surface area contributed by atoms with Crippen LogP contribution >= 0.6 is 0 Å². The first-order chi connectivity index (χ1) is 4.12. The maximum atomic E-state index is 9.87. The van der Waals surface area contributed by atoms with Gasteiger partial charge in [-0.15, -0.1) is 0 Å². The van der Waals surface area contributed by atoms with Crippen LogP contribution in [0.3, 0.4) is 0 Å². The first-order valence-electron chi connectivity index (χ1n) is 2.74. The molecule has 0 saturated heterocycles. The van der Waals surface area contributed by atoms with Crippen LogP contribution in [0.15, 0.2) is 0 Å². The normalized spacial score (nSPS) is 17.7. The maximum Gasteiger partial charge on any atom is 0.382 e. The van der Waals surface area contributed by atoms with Crippen molar-refractivity contribution in [2.45, 2.75) is 18.4 Å². The highest BCUT2D eigenvalue weighted by atomic mass is 35.5. The summed E-state index contributed by atoms with van der Waals surface area (Å²) in [5.41, 5.74) is 3.51. The van der Waals surface area contributed by atoms with Crippen molar-refractivity contribution in [3.05, 3.63) is 0 Å². The Bertz CT molecular complexity index is 200. The molecule has 1 fully saturated rings. The van der Waals surface area contributed by atoms with E-state index in [0.29, 0.717) is 0 Å². The van der Waals surface area contributed by atoms with Gasteiger partial charge in [-0.3, -0.25) is 0 Å². The van der Waals surface area contributed by atoms with Crippen LogP contribution in [0.25, 0.3) is 0 Å². The fourth-order valence-corrected chi connectivity index (χ4v) is 0.462. The second-order valence-electron chi connectivity index (χ2n) is 2.34. The lowest BCUT2D eigenvalue weighted by Gasteiger charge is -1.86. The van der Waals surface area contributed by atoms with Gasteiger partial charge in [0.15, 0.2) is 5.54 Å². The third kappa shape index (κ3) is 2.72. The van der Waals surface area contributed by atoms with Crippen LogP contribution in [0, 0.1) is 11.8 Å². The van der Waals surface area contributed by atoms with Gasteiger partial charge in [0.05, 0.1) is 0 Å². The maximum absolute atomic E-state index is 9.87. The summed E-state index contributed by atoms with van der Waals surface area (Å²) >= 11 is 0. The zero-order valence-electron chi connectivity index (χ0n) is 5.35. The number of rotatable bonds is 0. The second kappa shape index (κ2) is 2.91. The Hall–Kier alpha value is -0.720. The molecule has 0 spiro atoms. The lowest BCUT2D eigenvalue weighted by molar-refractivity contribution is -0.416. The van der Waals surface area contributed by atoms with E-state index in [1.165, 1.54) is 0 Å². The van der Waals surface area contributed by atoms with E-state index < -0.39 is 5.97 Å². The summed E-state index contributed by atoms with van der Waals surface area (Å²) in [7, 11) is 0. The number of carboxylic acids is 1. The highest BCUT2D eigenvalue weighted by Gasteiger charge is 2.41. The monoisotopic (exact) mass is 161 g/mol. The molecule has 1 aliphatic carbocycles. The molecule has 0 radical (unpaired) electrons. The van der Waals surface area contributed by atoms with E-state index >= 15 is 0 Å². The zero-order chi connectivity index (χ0) is 6.91. The first kappa shape index (κ1) is 9.28. The van der Waals surface area contributed by atoms with E-state index in [1.54, 1.807) is 0 Å². The number of halogens is 1. The molecular formula is C6H8ClNO2. The minimum Gasteiger partial charge on any atom is -1.00 e. The van der Waals surface area contributed by atoms with Crippen LogP contribution in [-0.4, -0.2) is 16.6 Å². The lowest BCUT2D eigenvalue weighted by Crippen LogP contribution is -3.00. The predicted octanol–water partition coefficient (Wildman–Crippen LogP) is -4.15. The quantitative estimate of drug-likeness (QED) is 0.355. The van der Waals surface area contributed by atoms with Crippen LogP contribution in [0.2, 0.25) is 0 Å². The molecule has 0 bridgehead atoms.